The molecule has 34 heavy (non-hydrogen) atoms. The number of fused-ring (bicyclic) bond motifs is 1. The largest absolute Gasteiger partial charge is 0.321 e. The monoisotopic (exact) mass is 481 g/mol. The Labute approximate surface area is 202 Å². The Bertz CT molecular complexity index is 1240. The summed E-state index contributed by atoms with van der Waals surface area (Å²) < 4.78 is 3.80. The van der Waals surface area contributed by atoms with Gasteiger partial charge in [0.15, 0.2) is 0 Å². The first-order valence-electron chi connectivity index (χ1n) is 11.4. The Balaban J connectivity index is 1.30. The van der Waals surface area contributed by atoms with Gasteiger partial charge in [0.2, 0.25) is 11.9 Å². The summed E-state index contributed by atoms with van der Waals surface area (Å²) in [5.74, 6) is 0.456. The Morgan fingerprint density at radius 1 is 1.12 bits per heavy atom. The minimum Gasteiger partial charge on any atom is -0.321 e. The number of pyridine rings is 1. The zero-order valence-corrected chi connectivity index (χ0v) is 19.8. The van der Waals surface area contributed by atoms with Crippen LogP contribution in [-0.2, 0) is 11.3 Å². The van der Waals surface area contributed by atoms with Crippen LogP contribution >= 0.6 is 11.6 Å². The predicted molar refractivity (Wildman–Crippen MR) is 132 cm³/mol. The normalized spacial score (nSPS) is 11.1. The van der Waals surface area contributed by atoms with Crippen LogP contribution in [0.2, 0.25) is 5.02 Å². The second-order valence-electron chi connectivity index (χ2n) is 7.87. The topological polar surface area (TPSA) is 114 Å². The molecular formula is C23H28ClN9O. The predicted octanol–water partition coefficient (Wildman–Crippen LogP) is 3.98. The van der Waals surface area contributed by atoms with E-state index in [1.165, 1.54) is 0 Å². The van der Waals surface area contributed by atoms with Gasteiger partial charge in [0, 0.05) is 31.9 Å². The van der Waals surface area contributed by atoms with Gasteiger partial charge in [0.25, 0.3) is 0 Å². The van der Waals surface area contributed by atoms with Crippen LogP contribution in [-0.4, -0.2) is 41.6 Å². The fourth-order valence-electron chi connectivity index (χ4n) is 3.48. The number of anilines is 2. The highest BCUT2D eigenvalue weighted by molar-refractivity contribution is 6.32. The van der Waals surface area contributed by atoms with Gasteiger partial charge in [-0.1, -0.05) is 31.0 Å². The number of amides is 1. The maximum Gasteiger partial charge on any atom is 0.234 e. The number of rotatable bonds is 12. The maximum absolute atomic E-state index is 11.7. The van der Waals surface area contributed by atoms with E-state index in [0.717, 1.165) is 55.8 Å². The smallest absolute Gasteiger partial charge is 0.234 e. The number of nitrogens with one attached hydrogen (secondary N) is 3. The Morgan fingerprint density at radius 3 is 2.91 bits per heavy atom. The molecule has 178 valence electrons. The Kier molecular flexibility index (Phi) is 8.05. The SMILES string of the molecule is CCCNNC(=O)CCCCCn1cc(Nc2ncc(Cl)c(-c3cnc4ccccn34)n2)cn1. The van der Waals surface area contributed by atoms with Crippen molar-refractivity contribution in [3.05, 3.63) is 54.2 Å². The molecule has 0 bridgehead atoms. The summed E-state index contributed by atoms with van der Waals surface area (Å²) in [5, 5.41) is 8.03. The summed E-state index contributed by atoms with van der Waals surface area (Å²) in [5.41, 5.74) is 8.59. The van der Waals surface area contributed by atoms with Crippen LogP contribution in [0.3, 0.4) is 0 Å². The highest BCUT2D eigenvalue weighted by Crippen LogP contribution is 2.27. The fraction of sp³-hybridized carbons (Fsp3) is 0.348. The number of imidazole rings is 1. The average molecular weight is 482 g/mol. The van der Waals surface area contributed by atoms with Crippen molar-refractivity contribution in [1.29, 1.82) is 0 Å². The number of hydrogen-bond donors (Lipinski definition) is 3. The number of aromatic nitrogens is 6. The highest BCUT2D eigenvalue weighted by Gasteiger charge is 2.13. The van der Waals surface area contributed by atoms with E-state index in [4.69, 9.17) is 11.6 Å². The third kappa shape index (κ3) is 6.09. The van der Waals surface area contributed by atoms with Crippen LogP contribution in [0.15, 0.2) is 49.2 Å². The minimum atomic E-state index is 0.0327. The van der Waals surface area contributed by atoms with Crippen molar-refractivity contribution in [1.82, 2.24) is 40.0 Å². The van der Waals surface area contributed by atoms with E-state index in [0.29, 0.717) is 23.1 Å². The van der Waals surface area contributed by atoms with Crippen LogP contribution < -0.4 is 16.2 Å². The molecule has 0 spiro atoms. The van der Waals surface area contributed by atoms with Crippen LogP contribution in [0.4, 0.5) is 11.6 Å². The molecule has 11 heteroatoms. The van der Waals surface area contributed by atoms with E-state index in [2.05, 4.69) is 43.1 Å². The summed E-state index contributed by atoms with van der Waals surface area (Å²) in [6, 6.07) is 5.79. The lowest BCUT2D eigenvalue weighted by atomic mass is 10.2. The zero-order chi connectivity index (χ0) is 23.8. The zero-order valence-electron chi connectivity index (χ0n) is 19.0. The third-order valence-corrected chi connectivity index (χ3v) is 5.46. The molecule has 4 aromatic heterocycles. The summed E-state index contributed by atoms with van der Waals surface area (Å²) in [7, 11) is 0. The van der Waals surface area contributed by atoms with E-state index in [-0.39, 0.29) is 5.91 Å². The number of carbonyl (C=O) groups excluding carboxylic acids is 1. The Morgan fingerprint density at radius 2 is 2.03 bits per heavy atom. The summed E-state index contributed by atoms with van der Waals surface area (Å²) in [6.07, 6.45) is 13.1. The number of hydrogen-bond acceptors (Lipinski definition) is 7. The molecule has 4 heterocycles. The first-order valence-corrected chi connectivity index (χ1v) is 11.8. The van der Waals surface area contributed by atoms with E-state index in [9.17, 15) is 4.79 Å². The van der Waals surface area contributed by atoms with Crippen molar-refractivity contribution in [2.24, 2.45) is 0 Å². The van der Waals surface area contributed by atoms with Crippen LogP contribution in [0.1, 0.15) is 39.0 Å². The van der Waals surface area contributed by atoms with E-state index in [1.54, 1.807) is 18.6 Å². The first kappa shape index (κ1) is 23.7. The van der Waals surface area contributed by atoms with Crippen molar-refractivity contribution < 1.29 is 4.79 Å². The van der Waals surface area contributed by atoms with E-state index < -0.39 is 0 Å². The molecule has 0 saturated heterocycles. The van der Waals surface area contributed by atoms with Crippen LogP contribution in [0, 0.1) is 0 Å². The standard InChI is InChI=1S/C23H28ClN9O/c1-2-10-27-31-21(34)9-4-3-6-11-32-16-17(13-28-32)29-23-26-14-18(24)22(30-23)19-15-25-20-8-5-7-12-33(19)20/h5,7-8,12-16,27H,2-4,6,9-11H2,1H3,(H,31,34)(H,26,29,30). The average Bonchev–Trinajstić information content (AvgIpc) is 3.47. The molecule has 0 aromatic carbocycles. The van der Waals surface area contributed by atoms with Crippen molar-refractivity contribution in [2.45, 2.75) is 45.6 Å². The maximum atomic E-state index is 11.7. The second-order valence-corrected chi connectivity index (χ2v) is 8.27. The van der Waals surface area contributed by atoms with Crippen molar-refractivity contribution in [3.8, 4) is 11.4 Å². The van der Waals surface area contributed by atoms with Gasteiger partial charge in [-0.15, -0.1) is 0 Å². The number of nitrogens with zero attached hydrogens (tertiary/aromatic N) is 6. The Hall–Kier alpha value is -3.50. The highest BCUT2D eigenvalue weighted by atomic mass is 35.5. The lowest BCUT2D eigenvalue weighted by molar-refractivity contribution is -0.122. The van der Waals surface area contributed by atoms with Gasteiger partial charge in [-0.3, -0.25) is 19.3 Å². The minimum absolute atomic E-state index is 0.0327. The molecule has 0 aliphatic heterocycles. The number of unbranched alkanes of at least 4 members (excludes halogenated alkanes) is 2. The van der Waals surface area contributed by atoms with E-state index in [1.807, 2.05) is 39.7 Å². The van der Waals surface area contributed by atoms with Gasteiger partial charge >= 0.3 is 0 Å². The molecule has 1 amide bonds. The van der Waals surface area contributed by atoms with Crippen LogP contribution in [0.5, 0.6) is 0 Å². The van der Waals surface area contributed by atoms with Crippen molar-refractivity contribution in [3.63, 3.8) is 0 Å². The summed E-state index contributed by atoms with van der Waals surface area (Å²) >= 11 is 6.39. The first-order chi connectivity index (χ1) is 16.6. The number of hydrazine groups is 1. The van der Waals surface area contributed by atoms with Gasteiger partial charge < -0.3 is 5.32 Å². The van der Waals surface area contributed by atoms with Gasteiger partial charge in [-0.25, -0.2) is 20.4 Å². The lowest BCUT2D eigenvalue weighted by Crippen LogP contribution is -2.37. The van der Waals surface area contributed by atoms with Gasteiger partial charge in [-0.2, -0.15) is 5.10 Å². The van der Waals surface area contributed by atoms with Gasteiger partial charge in [0.1, 0.15) is 11.3 Å². The van der Waals surface area contributed by atoms with Gasteiger partial charge in [0.05, 0.1) is 35.0 Å². The molecule has 0 saturated carbocycles. The molecule has 10 nitrogen and oxygen atoms in total. The molecule has 3 N–H and O–H groups in total. The van der Waals surface area contributed by atoms with Gasteiger partial charge in [-0.05, 0) is 31.4 Å². The molecular weight excluding hydrogens is 454 g/mol. The number of carbonyl (C=O) groups is 1. The molecule has 0 radical (unpaired) electrons. The van der Waals surface area contributed by atoms with E-state index >= 15 is 0 Å². The molecule has 0 aliphatic carbocycles. The molecule has 0 atom stereocenters. The number of halogens is 1. The lowest BCUT2D eigenvalue weighted by Gasteiger charge is -2.07. The summed E-state index contributed by atoms with van der Waals surface area (Å²) in [6.45, 7) is 3.61. The van der Waals surface area contributed by atoms with Crippen molar-refractivity contribution in [2.75, 3.05) is 11.9 Å². The molecule has 0 unspecified atom stereocenters. The number of aryl methyl sites for hydroxylation is 1. The quantitative estimate of drug-likeness (QED) is 0.207. The molecule has 4 rings (SSSR count). The molecule has 4 aromatic rings. The summed E-state index contributed by atoms with van der Waals surface area (Å²) in [4.78, 5) is 25.0. The fourth-order valence-corrected chi connectivity index (χ4v) is 3.67. The molecule has 0 aliphatic rings. The van der Waals surface area contributed by atoms with Crippen molar-refractivity contribution >= 4 is 34.8 Å². The van der Waals surface area contributed by atoms with Crippen LogP contribution in [0.25, 0.3) is 17.0 Å². The third-order valence-electron chi connectivity index (χ3n) is 5.19. The second kappa shape index (κ2) is 11.6. The molecule has 0 fully saturated rings.